The minimum absolute atomic E-state index is 0.0289. The molecule has 2 aromatic rings. The number of morpholine rings is 1. The highest BCUT2D eigenvalue weighted by atomic mass is 32.1. The Balaban J connectivity index is 1.72. The van der Waals surface area contributed by atoms with Gasteiger partial charge in [-0.15, -0.1) is 11.3 Å². The summed E-state index contributed by atoms with van der Waals surface area (Å²) in [6.07, 6.45) is 0. The summed E-state index contributed by atoms with van der Waals surface area (Å²) in [7, 11) is 0. The first kappa shape index (κ1) is 26.1. The molecule has 0 bridgehead atoms. The molecule has 0 spiro atoms. The van der Waals surface area contributed by atoms with Gasteiger partial charge in [0, 0.05) is 43.1 Å². The van der Waals surface area contributed by atoms with Gasteiger partial charge in [-0.25, -0.2) is 9.18 Å². The molecule has 2 heterocycles. The number of hydrogen-bond acceptors (Lipinski definition) is 5. The lowest BCUT2D eigenvalue weighted by atomic mass is 10.1. The lowest BCUT2D eigenvalue weighted by Crippen LogP contribution is -2.53. The summed E-state index contributed by atoms with van der Waals surface area (Å²) in [6.45, 7) is 10.6. The van der Waals surface area contributed by atoms with Gasteiger partial charge in [-0.2, -0.15) is 0 Å². The number of benzene rings is 1. The monoisotopic (exact) mass is 490 g/mol. The van der Waals surface area contributed by atoms with Crippen LogP contribution in [0.15, 0.2) is 41.8 Å². The molecule has 1 aliphatic heterocycles. The largest absolute Gasteiger partial charge is 0.379 e. The van der Waals surface area contributed by atoms with Crippen LogP contribution >= 0.6 is 11.3 Å². The van der Waals surface area contributed by atoms with Gasteiger partial charge in [0.2, 0.25) is 5.91 Å². The minimum atomic E-state index is -0.415. The molecule has 1 aromatic carbocycles. The van der Waals surface area contributed by atoms with E-state index in [4.69, 9.17) is 4.74 Å². The molecule has 0 unspecified atom stereocenters. The van der Waals surface area contributed by atoms with E-state index in [1.54, 1.807) is 33.3 Å². The predicted molar refractivity (Wildman–Crippen MR) is 132 cm³/mol. The van der Waals surface area contributed by atoms with Gasteiger partial charge in [-0.1, -0.05) is 18.2 Å². The molecule has 1 N–H and O–H groups in total. The molecule has 3 amide bonds. The first-order chi connectivity index (χ1) is 16.2. The summed E-state index contributed by atoms with van der Waals surface area (Å²) in [5, 5.41) is 4.96. The van der Waals surface area contributed by atoms with Crippen molar-refractivity contribution in [1.29, 1.82) is 0 Å². The molecule has 1 fully saturated rings. The molecule has 0 saturated carbocycles. The van der Waals surface area contributed by atoms with Gasteiger partial charge < -0.3 is 19.9 Å². The molecule has 1 saturated heterocycles. The van der Waals surface area contributed by atoms with Crippen molar-refractivity contribution in [3.8, 4) is 0 Å². The molecule has 9 heteroatoms. The third-order valence-corrected chi connectivity index (χ3v) is 6.31. The second-order valence-electron chi connectivity index (χ2n) is 9.51. The maximum Gasteiger partial charge on any atom is 0.318 e. The minimum Gasteiger partial charge on any atom is -0.379 e. The van der Waals surface area contributed by atoms with Crippen LogP contribution in [0.5, 0.6) is 0 Å². The third kappa shape index (κ3) is 8.70. The Bertz CT molecular complexity index is 909. The van der Waals surface area contributed by atoms with Crippen LogP contribution in [0.1, 0.15) is 31.2 Å². The molecule has 0 aliphatic carbocycles. The number of halogens is 1. The van der Waals surface area contributed by atoms with E-state index >= 15 is 0 Å². The molecule has 0 atom stereocenters. The van der Waals surface area contributed by atoms with Gasteiger partial charge in [0.15, 0.2) is 0 Å². The maximum absolute atomic E-state index is 13.5. The molecule has 0 radical (unpaired) electrons. The standard InChI is InChI=1S/C25H35FN4O3S/c1-25(2,3)27-24(32)29(11-10-28-12-14-33-15-13-28)19-23(31)30(18-22-5-4-16-34-22)17-20-6-8-21(26)9-7-20/h4-9,16H,10-15,17-19H2,1-3H3,(H,27,32). The van der Waals surface area contributed by atoms with E-state index in [0.717, 1.165) is 23.5 Å². The highest BCUT2D eigenvalue weighted by Gasteiger charge is 2.25. The van der Waals surface area contributed by atoms with Crippen molar-refractivity contribution in [2.24, 2.45) is 0 Å². The fourth-order valence-corrected chi connectivity index (χ4v) is 4.35. The summed E-state index contributed by atoms with van der Waals surface area (Å²) >= 11 is 1.58. The van der Waals surface area contributed by atoms with E-state index in [-0.39, 0.29) is 24.3 Å². The number of amides is 3. The molecular weight excluding hydrogens is 455 g/mol. The first-order valence-electron chi connectivity index (χ1n) is 11.6. The highest BCUT2D eigenvalue weighted by Crippen LogP contribution is 2.16. The van der Waals surface area contributed by atoms with Crippen molar-refractivity contribution in [3.05, 3.63) is 58.0 Å². The zero-order valence-corrected chi connectivity index (χ0v) is 21.1. The van der Waals surface area contributed by atoms with Crippen LogP contribution in [0, 0.1) is 5.82 Å². The van der Waals surface area contributed by atoms with Crippen LogP contribution in [-0.2, 0) is 22.6 Å². The van der Waals surface area contributed by atoms with Crippen LogP contribution in [-0.4, -0.2) is 78.1 Å². The second-order valence-corrected chi connectivity index (χ2v) is 10.5. The van der Waals surface area contributed by atoms with Crippen molar-refractivity contribution in [3.63, 3.8) is 0 Å². The van der Waals surface area contributed by atoms with Crippen LogP contribution in [0.3, 0.4) is 0 Å². The van der Waals surface area contributed by atoms with Gasteiger partial charge in [0.05, 0.1) is 19.8 Å². The topological polar surface area (TPSA) is 65.1 Å². The average molecular weight is 491 g/mol. The van der Waals surface area contributed by atoms with Crippen LogP contribution in [0.4, 0.5) is 9.18 Å². The third-order valence-electron chi connectivity index (χ3n) is 5.45. The molecule has 7 nitrogen and oxygen atoms in total. The number of nitrogens with zero attached hydrogens (tertiary/aromatic N) is 3. The highest BCUT2D eigenvalue weighted by molar-refractivity contribution is 7.09. The van der Waals surface area contributed by atoms with Crippen molar-refractivity contribution in [2.45, 2.75) is 39.4 Å². The SMILES string of the molecule is CC(C)(C)NC(=O)N(CCN1CCOCC1)CC(=O)N(Cc1ccc(F)cc1)Cc1cccs1. The fourth-order valence-electron chi connectivity index (χ4n) is 3.64. The van der Waals surface area contributed by atoms with E-state index in [0.29, 0.717) is 39.4 Å². The van der Waals surface area contributed by atoms with Crippen molar-refractivity contribution in [1.82, 2.24) is 20.0 Å². The van der Waals surface area contributed by atoms with E-state index < -0.39 is 5.54 Å². The Morgan fingerprint density at radius 3 is 2.41 bits per heavy atom. The summed E-state index contributed by atoms with van der Waals surface area (Å²) in [4.78, 5) is 33.2. The lowest BCUT2D eigenvalue weighted by Gasteiger charge is -2.33. The number of rotatable bonds is 9. The van der Waals surface area contributed by atoms with E-state index in [1.807, 2.05) is 38.3 Å². The van der Waals surface area contributed by atoms with E-state index in [2.05, 4.69) is 10.2 Å². The van der Waals surface area contributed by atoms with Gasteiger partial charge in [0.1, 0.15) is 12.4 Å². The van der Waals surface area contributed by atoms with Gasteiger partial charge in [-0.05, 0) is 49.9 Å². The smallest absolute Gasteiger partial charge is 0.318 e. The van der Waals surface area contributed by atoms with Crippen LogP contribution in [0.25, 0.3) is 0 Å². The number of thiophene rings is 1. The van der Waals surface area contributed by atoms with Gasteiger partial charge in [0.25, 0.3) is 0 Å². The van der Waals surface area contributed by atoms with Crippen molar-refractivity contribution in [2.75, 3.05) is 45.9 Å². The second kappa shape index (κ2) is 12.3. The summed E-state index contributed by atoms with van der Waals surface area (Å²) in [5.41, 5.74) is 0.424. The number of hydrogen-bond donors (Lipinski definition) is 1. The molecule has 1 aromatic heterocycles. The number of carbonyl (C=O) groups is 2. The van der Waals surface area contributed by atoms with Crippen molar-refractivity contribution >= 4 is 23.3 Å². The average Bonchev–Trinajstić information content (AvgIpc) is 3.30. The van der Waals surface area contributed by atoms with E-state index in [1.165, 1.54) is 12.1 Å². The Morgan fingerprint density at radius 1 is 1.09 bits per heavy atom. The van der Waals surface area contributed by atoms with Crippen LogP contribution < -0.4 is 5.32 Å². The van der Waals surface area contributed by atoms with Gasteiger partial charge in [-0.3, -0.25) is 9.69 Å². The summed E-state index contributed by atoms with van der Waals surface area (Å²) in [5.74, 6) is -0.461. The fraction of sp³-hybridized carbons (Fsp3) is 0.520. The Hall–Kier alpha value is -2.49. The predicted octanol–water partition coefficient (Wildman–Crippen LogP) is 3.56. The van der Waals surface area contributed by atoms with Gasteiger partial charge >= 0.3 is 6.03 Å². The summed E-state index contributed by atoms with van der Waals surface area (Å²) in [6, 6.07) is 9.85. The number of ether oxygens (including phenoxy) is 1. The summed E-state index contributed by atoms with van der Waals surface area (Å²) < 4.78 is 18.8. The molecular formula is C25H35FN4O3S. The molecule has 3 rings (SSSR count). The number of nitrogens with one attached hydrogen (secondary N) is 1. The maximum atomic E-state index is 13.5. The Labute approximate surface area is 205 Å². The zero-order valence-electron chi connectivity index (χ0n) is 20.3. The quantitative estimate of drug-likeness (QED) is 0.584. The van der Waals surface area contributed by atoms with Crippen LogP contribution in [0.2, 0.25) is 0 Å². The Kier molecular flexibility index (Phi) is 9.44. The lowest BCUT2D eigenvalue weighted by molar-refractivity contribution is -0.133. The Morgan fingerprint density at radius 2 is 1.79 bits per heavy atom. The zero-order chi connectivity index (χ0) is 24.6. The number of carbonyl (C=O) groups excluding carboxylic acids is 2. The normalized spacial score (nSPS) is 14.6. The first-order valence-corrected chi connectivity index (χ1v) is 12.5. The molecule has 1 aliphatic rings. The molecule has 34 heavy (non-hydrogen) atoms. The molecule has 186 valence electrons. The van der Waals surface area contributed by atoms with E-state index in [9.17, 15) is 14.0 Å². The van der Waals surface area contributed by atoms with Crippen molar-refractivity contribution < 1.29 is 18.7 Å². The number of urea groups is 1.